The standard InChI is InChI=1S/C14H15NS/c1-13-7-9-14(10-8-13)16-12-6-4-5-11-15(2)3/h7-10H,11H2,1-3H3. The van der Waals surface area contributed by atoms with Gasteiger partial charge in [-0.2, -0.15) is 0 Å². The zero-order valence-corrected chi connectivity index (χ0v) is 10.7. The minimum Gasteiger partial charge on any atom is -0.298 e. The maximum absolute atomic E-state index is 2.97. The lowest BCUT2D eigenvalue weighted by Gasteiger charge is -1.99. The second kappa shape index (κ2) is 7.01. The van der Waals surface area contributed by atoms with Gasteiger partial charge in [0.25, 0.3) is 0 Å². The van der Waals surface area contributed by atoms with E-state index in [9.17, 15) is 0 Å². The fourth-order valence-electron chi connectivity index (χ4n) is 0.958. The Morgan fingerprint density at radius 1 is 1.12 bits per heavy atom. The molecule has 1 aromatic rings. The summed E-state index contributed by atoms with van der Waals surface area (Å²) in [6, 6.07) is 8.31. The SMILES string of the molecule is Cc1ccc(SC#CC#CCN(C)C)cc1. The van der Waals surface area contributed by atoms with Crippen molar-refractivity contribution in [3.63, 3.8) is 0 Å². The summed E-state index contributed by atoms with van der Waals surface area (Å²) in [4.78, 5) is 3.18. The number of aryl methyl sites for hydroxylation is 1. The first-order valence-electron chi connectivity index (χ1n) is 5.04. The van der Waals surface area contributed by atoms with Crippen LogP contribution in [0.15, 0.2) is 29.2 Å². The summed E-state index contributed by atoms with van der Waals surface area (Å²) in [5.74, 6) is 8.62. The van der Waals surface area contributed by atoms with Gasteiger partial charge >= 0.3 is 0 Å². The van der Waals surface area contributed by atoms with E-state index in [4.69, 9.17) is 0 Å². The molecule has 0 N–H and O–H groups in total. The van der Waals surface area contributed by atoms with Crippen LogP contribution in [0.4, 0.5) is 0 Å². The van der Waals surface area contributed by atoms with Gasteiger partial charge in [0.05, 0.1) is 6.54 Å². The Balaban J connectivity index is 2.42. The third-order valence-corrected chi connectivity index (χ3v) is 2.50. The van der Waals surface area contributed by atoms with Gasteiger partial charge in [-0.1, -0.05) is 23.6 Å². The summed E-state index contributed by atoms with van der Waals surface area (Å²) in [5.41, 5.74) is 1.27. The average Bonchev–Trinajstić information content (AvgIpc) is 2.25. The fourth-order valence-corrected chi connectivity index (χ4v) is 1.45. The topological polar surface area (TPSA) is 3.24 Å². The molecule has 0 unspecified atom stereocenters. The molecular weight excluding hydrogens is 214 g/mol. The Bertz CT molecular complexity index is 438. The predicted octanol–water partition coefficient (Wildman–Crippen LogP) is 2.61. The highest BCUT2D eigenvalue weighted by Crippen LogP contribution is 2.16. The third-order valence-electron chi connectivity index (χ3n) is 1.79. The molecule has 1 nitrogen and oxygen atoms in total. The molecule has 0 radical (unpaired) electrons. The zero-order valence-electron chi connectivity index (χ0n) is 9.87. The van der Waals surface area contributed by atoms with E-state index in [0.717, 1.165) is 11.4 Å². The van der Waals surface area contributed by atoms with Crippen molar-refractivity contribution in [1.29, 1.82) is 0 Å². The minimum absolute atomic E-state index is 0.754. The van der Waals surface area contributed by atoms with Crippen LogP contribution in [0.1, 0.15) is 5.56 Å². The Morgan fingerprint density at radius 2 is 1.81 bits per heavy atom. The highest BCUT2D eigenvalue weighted by Gasteiger charge is 1.88. The third kappa shape index (κ3) is 5.51. The Hall–Kier alpha value is -1.35. The fraction of sp³-hybridized carbons (Fsp3) is 0.286. The van der Waals surface area contributed by atoms with Gasteiger partial charge in [-0.25, -0.2) is 0 Å². The molecule has 16 heavy (non-hydrogen) atoms. The molecule has 0 aromatic heterocycles. The van der Waals surface area contributed by atoms with Gasteiger partial charge in [0.2, 0.25) is 0 Å². The molecule has 0 bridgehead atoms. The van der Waals surface area contributed by atoms with Crippen LogP contribution in [-0.2, 0) is 0 Å². The van der Waals surface area contributed by atoms with Gasteiger partial charge in [-0.3, -0.25) is 4.90 Å². The average molecular weight is 229 g/mol. The van der Waals surface area contributed by atoms with Crippen molar-refractivity contribution >= 4 is 11.8 Å². The van der Waals surface area contributed by atoms with Gasteiger partial charge in [0.15, 0.2) is 0 Å². The quantitative estimate of drug-likeness (QED) is 0.566. The number of hydrogen-bond acceptors (Lipinski definition) is 2. The number of benzene rings is 1. The molecule has 2 heteroatoms. The predicted molar refractivity (Wildman–Crippen MR) is 71.1 cm³/mol. The molecule has 0 spiro atoms. The molecule has 0 heterocycles. The normalized spacial score (nSPS) is 9.00. The Labute approximate surface area is 102 Å². The first-order chi connectivity index (χ1) is 7.68. The highest BCUT2D eigenvalue weighted by molar-refractivity contribution is 8.03. The Morgan fingerprint density at radius 3 is 2.44 bits per heavy atom. The van der Waals surface area contributed by atoms with Crippen LogP contribution < -0.4 is 0 Å². The first kappa shape index (κ1) is 12.7. The van der Waals surface area contributed by atoms with E-state index in [-0.39, 0.29) is 0 Å². The molecule has 0 fully saturated rings. The molecule has 0 saturated heterocycles. The number of nitrogens with zero attached hydrogens (tertiary/aromatic N) is 1. The van der Waals surface area contributed by atoms with Crippen LogP contribution in [0.25, 0.3) is 0 Å². The minimum atomic E-state index is 0.754. The molecule has 0 saturated carbocycles. The zero-order chi connectivity index (χ0) is 11.8. The lowest BCUT2D eigenvalue weighted by atomic mass is 10.2. The molecule has 0 aliphatic carbocycles. The molecule has 82 valence electrons. The van der Waals surface area contributed by atoms with Gasteiger partial charge in [0, 0.05) is 4.90 Å². The van der Waals surface area contributed by atoms with Crippen molar-refractivity contribution in [3.8, 4) is 23.0 Å². The summed E-state index contributed by atoms with van der Waals surface area (Å²) in [6.45, 7) is 2.83. The van der Waals surface area contributed by atoms with E-state index in [1.165, 1.54) is 17.3 Å². The number of hydrogen-bond donors (Lipinski definition) is 0. The van der Waals surface area contributed by atoms with Crippen molar-refractivity contribution in [1.82, 2.24) is 4.90 Å². The lowest BCUT2D eigenvalue weighted by Crippen LogP contribution is -2.10. The van der Waals surface area contributed by atoms with Crippen molar-refractivity contribution in [2.24, 2.45) is 0 Å². The smallest absolute Gasteiger partial charge is 0.0606 e. The molecule has 0 aliphatic rings. The van der Waals surface area contributed by atoms with Crippen molar-refractivity contribution in [2.45, 2.75) is 11.8 Å². The van der Waals surface area contributed by atoms with Crippen LogP contribution in [-0.4, -0.2) is 25.5 Å². The summed E-state index contributed by atoms with van der Waals surface area (Å²) in [6.07, 6.45) is 0. The second-order valence-electron chi connectivity index (χ2n) is 3.68. The monoisotopic (exact) mass is 229 g/mol. The maximum Gasteiger partial charge on any atom is 0.0606 e. The van der Waals surface area contributed by atoms with E-state index in [0.29, 0.717) is 0 Å². The molecular formula is C14H15NS. The van der Waals surface area contributed by atoms with E-state index >= 15 is 0 Å². The van der Waals surface area contributed by atoms with Crippen molar-refractivity contribution in [2.75, 3.05) is 20.6 Å². The largest absolute Gasteiger partial charge is 0.298 e. The molecule has 1 aromatic carbocycles. The van der Waals surface area contributed by atoms with Gasteiger partial charge < -0.3 is 0 Å². The van der Waals surface area contributed by atoms with Crippen LogP contribution in [0.3, 0.4) is 0 Å². The van der Waals surface area contributed by atoms with E-state index in [1.807, 2.05) is 19.0 Å². The Kier molecular flexibility index (Phi) is 5.57. The van der Waals surface area contributed by atoms with Crippen LogP contribution in [0.2, 0.25) is 0 Å². The molecule has 1 rings (SSSR count). The summed E-state index contributed by atoms with van der Waals surface area (Å²) >= 11 is 1.51. The first-order valence-corrected chi connectivity index (χ1v) is 5.86. The van der Waals surface area contributed by atoms with E-state index in [2.05, 4.69) is 54.2 Å². The van der Waals surface area contributed by atoms with Crippen molar-refractivity contribution < 1.29 is 0 Å². The van der Waals surface area contributed by atoms with E-state index < -0.39 is 0 Å². The summed E-state index contributed by atoms with van der Waals surface area (Å²) < 4.78 is 0. The summed E-state index contributed by atoms with van der Waals surface area (Å²) in [5, 5.41) is 2.97. The molecule has 0 amide bonds. The van der Waals surface area contributed by atoms with Gasteiger partial charge in [-0.05, 0) is 62.0 Å². The maximum atomic E-state index is 2.97. The van der Waals surface area contributed by atoms with Gasteiger partial charge in [0.1, 0.15) is 0 Å². The lowest BCUT2D eigenvalue weighted by molar-refractivity contribution is 0.464. The van der Waals surface area contributed by atoms with Crippen molar-refractivity contribution in [3.05, 3.63) is 29.8 Å². The van der Waals surface area contributed by atoms with Crippen LogP contribution in [0.5, 0.6) is 0 Å². The van der Waals surface area contributed by atoms with Crippen LogP contribution >= 0.6 is 11.8 Å². The molecule has 0 aliphatic heterocycles. The summed E-state index contributed by atoms with van der Waals surface area (Å²) in [7, 11) is 3.98. The second-order valence-corrected chi connectivity index (χ2v) is 4.56. The number of rotatable bonds is 2. The van der Waals surface area contributed by atoms with E-state index in [1.54, 1.807) is 0 Å². The molecule has 0 atom stereocenters. The van der Waals surface area contributed by atoms with Crippen LogP contribution in [0, 0.1) is 29.9 Å². The number of thioether (sulfide) groups is 1. The highest BCUT2D eigenvalue weighted by atomic mass is 32.2. The van der Waals surface area contributed by atoms with Gasteiger partial charge in [-0.15, -0.1) is 0 Å².